The van der Waals surface area contributed by atoms with Gasteiger partial charge in [0.1, 0.15) is 0 Å². The Hall–Kier alpha value is -0.680. The normalized spacial score (nSPS) is 16.1. The lowest BCUT2D eigenvalue weighted by Gasteiger charge is -2.10. The van der Waals surface area contributed by atoms with Crippen LogP contribution in [0.5, 0.6) is 0 Å². The van der Waals surface area contributed by atoms with Gasteiger partial charge in [-0.05, 0) is 6.42 Å². The molecule has 0 aromatic heterocycles. The lowest BCUT2D eigenvalue weighted by molar-refractivity contribution is -0.136. The molecule has 7 heteroatoms. The van der Waals surface area contributed by atoms with E-state index in [4.69, 9.17) is 10.00 Å². The molecule has 0 aliphatic heterocycles. The number of rotatable bonds is 7. The van der Waals surface area contributed by atoms with Crippen LogP contribution < -0.4 is 5.90 Å². The average Bonchev–Trinajstić information content (AvgIpc) is 2.14. The van der Waals surface area contributed by atoms with Crippen molar-refractivity contribution >= 4 is 13.6 Å². The van der Waals surface area contributed by atoms with E-state index in [-0.39, 0.29) is 12.6 Å². The highest BCUT2D eigenvalue weighted by Crippen LogP contribution is 2.42. The number of carboxylic acids is 1. The average molecular weight is 237 g/mol. The molecule has 0 rings (SSSR count). The van der Waals surface area contributed by atoms with Gasteiger partial charge in [-0.2, -0.15) is 0 Å². The first-order chi connectivity index (χ1) is 6.91. The summed E-state index contributed by atoms with van der Waals surface area (Å²) in [7, 11) is -3.80. The van der Waals surface area contributed by atoms with E-state index >= 15 is 0 Å². The Kier molecular flexibility index (Phi) is 6.43. The van der Waals surface area contributed by atoms with Gasteiger partial charge in [0.2, 0.25) is 0 Å². The second kappa shape index (κ2) is 6.74. The van der Waals surface area contributed by atoms with Gasteiger partial charge in [-0.25, -0.2) is 10.5 Å². The van der Waals surface area contributed by atoms with E-state index in [0.29, 0.717) is 12.0 Å². The number of carbonyl (C=O) groups is 1. The maximum absolute atomic E-state index is 11.1. The first-order valence-corrected chi connectivity index (χ1v) is 6.27. The zero-order chi connectivity index (χ0) is 11.9. The molecule has 0 spiro atoms. The Morgan fingerprint density at radius 2 is 2.20 bits per heavy atom. The molecule has 88 valence electrons. The maximum atomic E-state index is 11.1. The summed E-state index contributed by atoms with van der Waals surface area (Å²) in [6, 6.07) is 0. The van der Waals surface area contributed by atoms with Crippen molar-refractivity contribution in [3.05, 3.63) is 11.6 Å². The van der Waals surface area contributed by atoms with Gasteiger partial charge < -0.3 is 10.00 Å². The fourth-order valence-electron chi connectivity index (χ4n) is 1.09. The van der Waals surface area contributed by atoms with Gasteiger partial charge in [0.25, 0.3) is 0 Å². The molecule has 0 bridgehead atoms. The summed E-state index contributed by atoms with van der Waals surface area (Å²) in [5, 5.41) is 8.45. The molecule has 0 aliphatic carbocycles. The molecule has 0 fully saturated rings. The van der Waals surface area contributed by atoms with Crippen molar-refractivity contribution in [1.29, 1.82) is 0 Å². The number of hydrogen-bond donors (Lipinski definition) is 3. The van der Waals surface area contributed by atoms with Crippen LogP contribution in [0.3, 0.4) is 0 Å². The Bertz CT molecular complexity index is 289. The van der Waals surface area contributed by atoms with E-state index in [1.807, 2.05) is 6.92 Å². The zero-order valence-corrected chi connectivity index (χ0v) is 9.44. The van der Waals surface area contributed by atoms with Crippen molar-refractivity contribution in [2.75, 3.05) is 6.16 Å². The molecule has 0 aromatic carbocycles. The van der Waals surface area contributed by atoms with E-state index in [9.17, 15) is 9.36 Å². The highest BCUT2D eigenvalue weighted by atomic mass is 31.2. The van der Waals surface area contributed by atoms with Gasteiger partial charge in [0.15, 0.2) is 0 Å². The lowest BCUT2D eigenvalue weighted by atomic mass is 10.1. The molecule has 0 radical (unpaired) electrons. The summed E-state index contributed by atoms with van der Waals surface area (Å²) in [6.45, 7) is 1.89. The van der Waals surface area contributed by atoms with Crippen LogP contribution in [0.2, 0.25) is 0 Å². The number of carboxylic acid groups (broad SMARTS) is 1. The van der Waals surface area contributed by atoms with E-state index in [1.165, 1.54) is 6.08 Å². The Morgan fingerprint density at radius 3 is 2.60 bits per heavy atom. The van der Waals surface area contributed by atoms with Crippen molar-refractivity contribution in [2.45, 2.75) is 26.2 Å². The Balaban J connectivity index is 4.46. The third-order valence-corrected chi connectivity index (χ3v) is 2.84. The summed E-state index contributed by atoms with van der Waals surface area (Å²) >= 11 is 0. The summed E-state index contributed by atoms with van der Waals surface area (Å²) in [5.74, 6) is 3.67. The van der Waals surface area contributed by atoms with Crippen LogP contribution in [0.15, 0.2) is 11.6 Å². The third-order valence-electron chi connectivity index (χ3n) is 1.70. The first-order valence-electron chi connectivity index (χ1n) is 4.51. The van der Waals surface area contributed by atoms with Gasteiger partial charge >= 0.3 is 13.6 Å². The second-order valence-electron chi connectivity index (χ2n) is 3.11. The first kappa shape index (κ1) is 14.3. The topological polar surface area (TPSA) is 110 Å². The summed E-state index contributed by atoms with van der Waals surface area (Å²) in [4.78, 5) is 19.4. The quantitative estimate of drug-likeness (QED) is 0.349. The summed E-state index contributed by atoms with van der Waals surface area (Å²) in [5.41, 5.74) is 0.580. The SMILES string of the molecule is CCCC(=CCC(=O)O)CP(=O)(O)ON. The molecule has 6 nitrogen and oxygen atoms in total. The minimum atomic E-state index is -3.80. The van der Waals surface area contributed by atoms with Crippen molar-refractivity contribution in [3.8, 4) is 0 Å². The molecule has 15 heavy (non-hydrogen) atoms. The minimum absolute atomic E-state index is 0.167. The number of nitrogens with two attached hydrogens (primary N) is 1. The fraction of sp³-hybridized carbons (Fsp3) is 0.625. The van der Waals surface area contributed by atoms with Gasteiger partial charge in [-0.15, -0.1) is 0 Å². The van der Waals surface area contributed by atoms with Gasteiger partial charge in [-0.3, -0.25) is 9.36 Å². The van der Waals surface area contributed by atoms with Crippen molar-refractivity contribution < 1.29 is 24.0 Å². The second-order valence-corrected chi connectivity index (χ2v) is 4.91. The molecule has 0 saturated carbocycles. The van der Waals surface area contributed by atoms with E-state index < -0.39 is 13.6 Å². The largest absolute Gasteiger partial charge is 0.481 e. The highest BCUT2D eigenvalue weighted by Gasteiger charge is 2.19. The van der Waals surface area contributed by atoms with Gasteiger partial charge in [-0.1, -0.05) is 25.0 Å². The Labute approximate surface area is 88.2 Å². The predicted molar refractivity (Wildman–Crippen MR) is 55.2 cm³/mol. The molecule has 0 aromatic rings. The fourth-order valence-corrected chi connectivity index (χ4v) is 1.97. The monoisotopic (exact) mass is 237 g/mol. The third kappa shape index (κ3) is 7.27. The maximum Gasteiger partial charge on any atom is 0.348 e. The summed E-state index contributed by atoms with van der Waals surface area (Å²) in [6.07, 6.45) is 2.36. The molecule has 1 unspecified atom stereocenters. The number of hydrogen-bond acceptors (Lipinski definition) is 4. The lowest BCUT2D eigenvalue weighted by Crippen LogP contribution is -2.03. The van der Waals surface area contributed by atoms with Crippen LogP contribution in [-0.4, -0.2) is 22.1 Å². The van der Waals surface area contributed by atoms with Crippen LogP contribution >= 0.6 is 7.60 Å². The minimum Gasteiger partial charge on any atom is -0.481 e. The van der Waals surface area contributed by atoms with E-state index in [2.05, 4.69) is 10.5 Å². The molecule has 0 heterocycles. The van der Waals surface area contributed by atoms with E-state index in [1.54, 1.807) is 0 Å². The molecular weight excluding hydrogens is 221 g/mol. The predicted octanol–water partition coefficient (Wildman–Crippen LogP) is 1.26. The molecule has 0 amide bonds. The van der Waals surface area contributed by atoms with Crippen molar-refractivity contribution in [2.24, 2.45) is 5.90 Å². The molecule has 1 atom stereocenters. The molecule has 4 N–H and O–H groups in total. The van der Waals surface area contributed by atoms with Crippen LogP contribution in [0.4, 0.5) is 0 Å². The van der Waals surface area contributed by atoms with Crippen molar-refractivity contribution in [3.63, 3.8) is 0 Å². The molecule has 0 aliphatic rings. The number of aliphatic carboxylic acids is 1. The summed E-state index contributed by atoms with van der Waals surface area (Å²) < 4.78 is 15.1. The van der Waals surface area contributed by atoms with Crippen LogP contribution in [0, 0.1) is 0 Å². The standard InChI is InChI=1S/C8H16NO5P/c1-2-3-7(4-5-8(10)11)6-15(12,13)14-9/h4H,2-3,5-6,9H2,1H3,(H,10,11)(H,12,13). The highest BCUT2D eigenvalue weighted by molar-refractivity contribution is 7.53. The number of allylic oxidation sites excluding steroid dienone is 1. The van der Waals surface area contributed by atoms with E-state index in [0.717, 1.165) is 6.42 Å². The Morgan fingerprint density at radius 1 is 1.60 bits per heavy atom. The van der Waals surface area contributed by atoms with Gasteiger partial charge in [0.05, 0.1) is 12.6 Å². The molecule has 0 saturated heterocycles. The van der Waals surface area contributed by atoms with Crippen molar-refractivity contribution in [1.82, 2.24) is 0 Å². The zero-order valence-electron chi connectivity index (χ0n) is 8.55. The van der Waals surface area contributed by atoms with Crippen LogP contribution in [0.25, 0.3) is 0 Å². The molecular formula is C8H16NO5P. The van der Waals surface area contributed by atoms with Crippen LogP contribution in [0.1, 0.15) is 26.2 Å². The smallest absolute Gasteiger partial charge is 0.348 e. The van der Waals surface area contributed by atoms with Gasteiger partial charge in [0, 0.05) is 0 Å². The van der Waals surface area contributed by atoms with Crippen LogP contribution in [-0.2, 0) is 14.0 Å².